The van der Waals surface area contributed by atoms with E-state index in [2.05, 4.69) is 36.3 Å². The smallest absolute Gasteiger partial charge is 0.180 e. The minimum atomic E-state index is 0.513. The van der Waals surface area contributed by atoms with Crippen LogP contribution in [0.2, 0.25) is 0 Å². The number of anilines is 1. The van der Waals surface area contributed by atoms with Gasteiger partial charge in [0.2, 0.25) is 0 Å². The van der Waals surface area contributed by atoms with Crippen molar-refractivity contribution in [2.45, 2.75) is 31.6 Å². The fourth-order valence-electron chi connectivity index (χ4n) is 2.59. The summed E-state index contributed by atoms with van der Waals surface area (Å²) in [7, 11) is 0. The van der Waals surface area contributed by atoms with E-state index in [1.807, 2.05) is 18.2 Å². The zero-order valence-electron chi connectivity index (χ0n) is 11.0. The summed E-state index contributed by atoms with van der Waals surface area (Å²) >= 11 is 3.38. The van der Waals surface area contributed by atoms with E-state index >= 15 is 0 Å². The Balaban J connectivity index is 2.01. The van der Waals surface area contributed by atoms with Crippen molar-refractivity contribution in [3.05, 3.63) is 34.6 Å². The molecule has 1 aliphatic carbocycles. The molecule has 0 saturated heterocycles. The topological polar surface area (TPSA) is 76.7 Å². The highest BCUT2D eigenvalue weighted by Crippen LogP contribution is 2.34. The normalized spacial score (nSPS) is 15.5. The second kappa shape index (κ2) is 5.85. The van der Waals surface area contributed by atoms with E-state index in [0.29, 0.717) is 17.6 Å². The molecule has 0 bridgehead atoms. The van der Waals surface area contributed by atoms with Crippen molar-refractivity contribution in [1.29, 1.82) is 0 Å². The Morgan fingerprint density at radius 1 is 1.20 bits per heavy atom. The minimum Gasteiger partial charge on any atom is -0.308 e. The van der Waals surface area contributed by atoms with E-state index in [1.54, 1.807) is 6.20 Å². The summed E-state index contributed by atoms with van der Waals surface area (Å²) in [5.74, 6) is 7.29. The molecule has 0 unspecified atom stereocenters. The molecule has 5 nitrogen and oxygen atoms in total. The van der Waals surface area contributed by atoms with Crippen LogP contribution in [0.25, 0.3) is 11.5 Å². The van der Waals surface area contributed by atoms with E-state index in [4.69, 9.17) is 5.84 Å². The summed E-state index contributed by atoms with van der Waals surface area (Å²) in [6.07, 6.45) is 6.66. The van der Waals surface area contributed by atoms with Gasteiger partial charge in [0.1, 0.15) is 11.5 Å². The van der Waals surface area contributed by atoms with Crippen LogP contribution in [0.15, 0.2) is 28.9 Å². The van der Waals surface area contributed by atoms with Gasteiger partial charge in [0.25, 0.3) is 0 Å². The van der Waals surface area contributed by atoms with Crippen LogP contribution in [0, 0.1) is 0 Å². The van der Waals surface area contributed by atoms with E-state index < -0.39 is 0 Å². The molecule has 1 saturated carbocycles. The van der Waals surface area contributed by atoms with Crippen molar-refractivity contribution < 1.29 is 0 Å². The Morgan fingerprint density at radius 3 is 2.65 bits per heavy atom. The molecule has 1 fully saturated rings. The lowest BCUT2D eigenvalue weighted by atomic mass is 10.0. The summed E-state index contributed by atoms with van der Waals surface area (Å²) in [5.41, 5.74) is 4.44. The van der Waals surface area contributed by atoms with Crippen LogP contribution in [-0.2, 0) is 0 Å². The maximum Gasteiger partial charge on any atom is 0.180 e. The lowest BCUT2D eigenvalue weighted by Crippen LogP contribution is -2.11. The molecule has 1 aliphatic rings. The summed E-state index contributed by atoms with van der Waals surface area (Å²) in [4.78, 5) is 13.4. The lowest BCUT2D eigenvalue weighted by Gasteiger charge is -2.12. The van der Waals surface area contributed by atoms with Gasteiger partial charge < -0.3 is 5.43 Å². The van der Waals surface area contributed by atoms with Gasteiger partial charge in [-0.25, -0.2) is 15.8 Å². The highest BCUT2D eigenvalue weighted by molar-refractivity contribution is 9.10. The maximum atomic E-state index is 5.52. The molecule has 0 aliphatic heterocycles. The minimum absolute atomic E-state index is 0.513. The largest absolute Gasteiger partial charge is 0.308 e. The van der Waals surface area contributed by atoms with E-state index in [0.717, 1.165) is 15.9 Å². The van der Waals surface area contributed by atoms with Crippen LogP contribution in [0.1, 0.15) is 37.3 Å². The second-order valence-corrected chi connectivity index (χ2v) is 5.90. The quantitative estimate of drug-likeness (QED) is 0.666. The molecule has 20 heavy (non-hydrogen) atoms. The number of rotatable bonds is 3. The van der Waals surface area contributed by atoms with Crippen molar-refractivity contribution in [1.82, 2.24) is 15.0 Å². The summed E-state index contributed by atoms with van der Waals surface area (Å²) < 4.78 is 0.936. The van der Waals surface area contributed by atoms with Crippen LogP contribution in [0.4, 0.5) is 5.82 Å². The molecule has 6 heteroatoms. The zero-order chi connectivity index (χ0) is 13.9. The predicted octanol–water partition coefficient (Wildman–Crippen LogP) is 3.24. The molecule has 104 valence electrons. The van der Waals surface area contributed by atoms with Gasteiger partial charge in [0, 0.05) is 28.3 Å². The lowest BCUT2D eigenvalue weighted by molar-refractivity contribution is 0.695. The number of nitrogens with zero attached hydrogens (tertiary/aromatic N) is 3. The molecule has 0 aromatic carbocycles. The SMILES string of the molecule is NNc1cc(C2CCCC2)nc(-c2ccc(Br)cn2)n1. The van der Waals surface area contributed by atoms with Crippen LogP contribution < -0.4 is 11.3 Å². The molecule has 3 N–H and O–H groups in total. The van der Waals surface area contributed by atoms with Crippen molar-refractivity contribution in [3.8, 4) is 11.5 Å². The highest BCUT2D eigenvalue weighted by Gasteiger charge is 2.20. The number of nitrogen functional groups attached to an aromatic ring is 1. The first-order chi connectivity index (χ1) is 9.76. The Labute approximate surface area is 126 Å². The van der Waals surface area contributed by atoms with Crippen molar-refractivity contribution in [2.24, 2.45) is 5.84 Å². The van der Waals surface area contributed by atoms with Gasteiger partial charge in [-0.2, -0.15) is 0 Å². The molecular formula is C14H16BrN5. The standard InChI is InChI=1S/C14H16BrN5/c15-10-5-6-11(17-8-10)14-18-12(7-13(19-14)20-16)9-3-1-2-4-9/h5-9H,1-4,16H2,(H,18,19,20). The van der Waals surface area contributed by atoms with Crippen molar-refractivity contribution >= 4 is 21.7 Å². The number of hydrogen-bond donors (Lipinski definition) is 2. The maximum absolute atomic E-state index is 5.52. The van der Waals surface area contributed by atoms with Crippen molar-refractivity contribution in [3.63, 3.8) is 0 Å². The molecule has 2 aromatic heterocycles. The number of hydrogen-bond acceptors (Lipinski definition) is 5. The number of nitrogens with two attached hydrogens (primary N) is 1. The van der Waals surface area contributed by atoms with Gasteiger partial charge >= 0.3 is 0 Å². The Bertz CT molecular complexity index is 593. The van der Waals surface area contributed by atoms with Crippen LogP contribution >= 0.6 is 15.9 Å². The first kappa shape index (κ1) is 13.5. The molecule has 2 aromatic rings. The monoisotopic (exact) mass is 333 g/mol. The average molecular weight is 334 g/mol. The molecule has 0 radical (unpaired) electrons. The fourth-order valence-corrected chi connectivity index (χ4v) is 2.83. The molecular weight excluding hydrogens is 318 g/mol. The fraction of sp³-hybridized carbons (Fsp3) is 0.357. The van der Waals surface area contributed by atoms with Gasteiger partial charge in [-0.3, -0.25) is 4.98 Å². The van der Waals surface area contributed by atoms with E-state index in [9.17, 15) is 0 Å². The molecule has 3 rings (SSSR count). The van der Waals surface area contributed by atoms with Gasteiger partial charge in [0.15, 0.2) is 5.82 Å². The Hall–Kier alpha value is -1.53. The number of halogens is 1. The summed E-state index contributed by atoms with van der Waals surface area (Å²) in [5, 5.41) is 0. The molecule has 0 amide bonds. The van der Waals surface area contributed by atoms with Gasteiger partial charge in [0.05, 0.1) is 0 Å². The molecule has 0 atom stereocenters. The first-order valence-electron chi connectivity index (χ1n) is 6.74. The van der Waals surface area contributed by atoms with Crippen LogP contribution in [0.3, 0.4) is 0 Å². The number of hydrazine groups is 1. The van der Waals surface area contributed by atoms with Crippen LogP contribution in [0.5, 0.6) is 0 Å². The third-order valence-corrected chi connectivity index (χ3v) is 4.09. The van der Waals surface area contributed by atoms with E-state index in [1.165, 1.54) is 25.7 Å². The summed E-state index contributed by atoms with van der Waals surface area (Å²) in [6.45, 7) is 0. The van der Waals surface area contributed by atoms with E-state index in [-0.39, 0.29) is 0 Å². The zero-order valence-corrected chi connectivity index (χ0v) is 12.6. The number of aromatic nitrogens is 3. The first-order valence-corrected chi connectivity index (χ1v) is 7.53. The van der Waals surface area contributed by atoms with Crippen molar-refractivity contribution in [2.75, 3.05) is 5.43 Å². The molecule has 0 spiro atoms. The van der Waals surface area contributed by atoms with Crippen LogP contribution in [-0.4, -0.2) is 15.0 Å². The number of nitrogens with one attached hydrogen (secondary N) is 1. The second-order valence-electron chi connectivity index (χ2n) is 4.99. The third kappa shape index (κ3) is 2.81. The average Bonchev–Trinajstić information content (AvgIpc) is 3.02. The van der Waals surface area contributed by atoms with Gasteiger partial charge in [-0.15, -0.1) is 0 Å². The third-order valence-electron chi connectivity index (χ3n) is 3.62. The van der Waals surface area contributed by atoms with Gasteiger partial charge in [-0.1, -0.05) is 12.8 Å². The number of pyridine rings is 1. The Morgan fingerprint density at radius 2 is 2.00 bits per heavy atom. The summed E-state index contributed by atoms with van der Waals surface area (Å²) in [6, 6.07) is 5.78. The molecule has 2 heterocycles. The highest BCUT2D eigenvalue weighted by atomic mass is 79.9. The Kier molecular flexibility index (Phi) is 3.93. The van der Waals surface area contributed by atoms with Gasteiger partial charge in [-0.05, 0) is 40.9 Å². The predicted molar refractivity (Wildman–Crippen MR) is 82.0 cm³/mol.